The molecule has 2 heterocycles. The van der Waals surface area contributed by atoms with Gasteiger partial charge in [0.05, 0.1) is 0 Å². The SMILES string of the molecule is CCC(=O)Nc1cccc(-c2ccc(C(=O)N3CCCC4CCCCC43)o2)c1. The van der Waals surface area contributed by atoms with E-state index in [2.05, 4.69) is 5.32 Å². The minimum Gasteiger partial charge on any atom is -0.451 e. The first kappa shape index (κ1) is 18.8. The molecular formula is C23H28N2O3. The second kappa shape index (κ2) is 8.21. The molecule has 5 nitrogen and oxygen atoms in total. The zero-order valence-corrected chi connectivity index (χ0v) is 16.4. The monoisotopic (exact) mass is 380 g/mol. The minimum absolute atomic E-state index is 0.0123. The van der Waals surface area contributed by atoms with Crippen LogP contribution in [0.5, 0.6) is 0 Å². The number of amides is 2. The topological polar surface area (TPSA) is 62.6 Å². The van der Waals surface area contributed by atoms with Crippen LogP contribution in [0.4, 0.5) is 5.69 Å². The Hall–Kier alpha value is -2.56. The number of benzene rings is 1. The van der Waals surface area contributed by atoms with Gasteiger partial charge in [-0.2, -0.15) is 0 Å². The molecule has 2 aromatic rings. The minimum atomic E-state index is -0.0282. The van der Waals surface area contributed by atoms with E-state index in [0.717, 1.165) is 30.6 Å². The number of furan rings is 1. The standard InChI is InChI=1S/C23H28N2O3/c1-2-22(26)24-18-10-5-8-17(15-18)20-12-13-21(28-20)23(27)25-14-6-9-16-7-3-4-11-19(16)25/h5,8,10,12-13,15-16,19H,2-4,6-7,9,11,14H2,1H3,(H,24,26). The molecule has 0 spiro atoms. The van der Waals surface area contributed by atoms with Crippen molar-refractivity contribution in [3.63, 3.8) is 0 Å². The molecule has 1 aliphatic carbocycles. The number of carbonyl (C=O) groups is 2. The maximum absolute atomic E-state index is 13.1. The third-order valence-corrected chi connectivity index (χ3v) is 6.07. The van der Waals surface area contributed by atoms with E-state index in [1.165, 1.54) is 25.7 Å². The summed E-state index contributed by atoms with van der Waals surface area (Å²) < 4.78 is 5.95. The summed E-state index contributed by atoms with van der Waals surface area (Å²) >= 11 is 0. The number of piperidine rings is 1. The molecule has 148 valence electrons. The normalized spacial score (nSPS) is 21.8. The molecule has 5 heteroatoms. The quantitative estimate of drug-likeness (QED) is 0.803. The molecule has 1 aromatic carbocycles. The summed E-state index contributed by atoms with van der Waals surface area (Å²) in [6, 6.07) is 11.5. The molecule has 0 bridgehead atoms. The number of anilines is 1. The molecule has 1 N–H and O–H groups in total. The van der Waals surface area contributed by atoms with Crippen molar-refractivity contribution < 1.29 is 14.0 Å². The van der Waals surface area contributed by atoms with E-state index < -0.39 is 0 Å². The van der Waals surface area contributed by atoms with Gasteiger partial charge in [0.2, 0.25) is 5.91 Å². The van der Waals surface area contributed by atoms with Gasteiger partial charge in [-0.1, -0.05) is 31.9 Å². The van der Waals surface area contributed by atoms with Crippen LogP contribution in [0.15, 0.2) is 40.8 Å². The number of carbonyl (C=O) groups excluding carboxylic acids is 2. The van der Waals surface area contributed by atoms with Crippen molar-refractivity contribution in [2.24, 2.45) is 5.92 Å². The molecule has 2 fully saturated rings. The number of hydrogen-bond donors (Lipinski definition) is 1. The summed E-state index contributed by atoms with van der Waals surface area (Å²) in [6.07, 6.45) is 7.62. The Labute approximate surface area is 166 Å². The number of rotatable bonds is 4. The Kier molecular flexibility index (Phi) is 5.51. The van der Waals surface area contributed by atoms with Crippen molar-refractivity contribution in [3.8, 4) is 11.3 Å². The second-order valence-corrected chi connectivity index (χ2v) is 7.90. The van der Waals surface area contributed by atoms with E-state index in [1.807, 2.05) is 42.2 Å². The highest BCUT2D eigenvalue weighted by atomic mass is 16.4. The zero-order valence-electron chi connectivity index (χ0n) is 16.4. The van der Waals surface area contributed by atoms with Gasteiger partial charge in [0.1, 0.15) is 5.76 Å². The van der Waals surface area contributed by atoms with Crippen molar-refractivity contribution in [2.45, 2.75) is 57.9 Å². The maximum atomic E-state index is 13.1. The van der Waals surface area contributed by atoms with Crippen LogP contribution in [0.1, 0.15) is 62.4 Å². The number of nitrogens with zero attached hydrogens (tertiary/aromatic N) is 1. The van der Waals surface area contributed by atoms with Gasteiger partial charge in [-0.15, -0.1) is 0 Å². The number of nitrogens with one attached hydrogen (secondary N) is 1. The van der Waals surface area contributed by atoms with Crippen LogP contribution in [-0.2, 0) is 4.79 Å². The van der Waals surface area contributed by atoms with Crippen LogP contribution >= 0.6 is 0 Å². The summed E-state index contributed by atoms with van der Waals surface area (Å²) in [5, 5.41) is 2.86. The van der Waals surface area contributed by atoms with E-state index in [-0.39, 0.29) is 11.8 Å². The van der Waals surface area contributed by atoms with E-state index >= 15 is 0 Å². The van der Waals surface area contributed by atoms with E-state index in [0.29, 0.717) is 29.9 Å². The fourth-order valence-corrected chi connectivity index (χ4v) is 4.63. The van der Waals surface area contributed by atoms with Gasteiger partial charge in [0, 0.05) is 30.3 Å². The van der Waals surface area contributed by atoms with E-state index in [4.69, 9.17) is 4.42 Å². The lowest BCUT2D eigenvalue weighted by Crippen LogP contribution is -2.49. The highest BCUT2D eigenvalue weighted by Crippen LogP contribution is 2.36. The summed E-state index contributed by atoms with van der Waals surface area (Å²) in [4.78, 5) is 26.8. The van der Waals surface area contributed by atoms with Gasteiger partial charge in [0.25, 0.3) is 5.91 Å². The molecule has 2 unspecified atom stereocenters. The first-order chi connectivity index (χ1) is 13.7. The highest BCUT2D eigenvalue weighted by molar-refractivity contribution is 5.93. The zero-order chi connectivity index (χ0) is 19.5. The summed E-state index contributed by atoms with van der Waals surface area (Å²) in [5.41, 5.74) is 1.58. The summed E-state index contributed by atoms with van der Waals surface area (Å²) in [5.74, 6) is 1.69. The van der Waals surface area contributed by atoms with Crippen LogP contribution in [-0.4, -0.2) is 29.3 Å². The Morgan fingerprint density at radius 1 is 1.11 bits per heavy atom. The number of fused-ring (bicyclic) bond motifs is 1. The molecule has 2 atom stereocenters. The Bertz CT molecular complexity index is 855. The molecule has 0 radical (unpaired) electrons. The Morgan fingerprint density at radius 3 is 2.79 bits per heavy atom. The van der Waals surface area contributed by atoms with Gasteiger partial charge in [0.15, 0.2) is 5.76 Å². The fourth-order valence-electron chi connectivity index (χ4n) is 4.63. The first-order valence-electron chi connectivity index (χ1n) is 10.5. The lowest BCUT2D eigenvalue weighted by atomic mass is 9.78. The van der Waals surface area contributed by atoms with Crippen LogP contribution in [0.3, 0.4) is 0 Å². The molecule has 1 saturated heterocycles. The van der Waals surface area contributed by atoms with Crippen molar-refractivity contribution in [1.82, 2.24) is 4.90 Å². The van der Waals surface area contributed by atoms with E-state index in [9.17, 15) is 9.59 Å². The van der Waals surface area contributed by atoms with Gasteiger partial charge in [-0.25, -0.2) is 0 Å². The summed E-state index contributed by atoms with van der Waals surface area (Å²) in [6.45, 7) is 2.65. The van der Waals surface area contributed by atoms with Gasteiger partial charge in [-0.3, -0.25) is 9.59 Å². The maximum Gasteiger partial charge on any atom is 0.289 e. The second-order valence-electron chi connectivity index (χ2n) is 7.90. The molecule has 4 rings (SSSR count). The lowest BCUT2D eigenvalue weighted by molar-refractivity contribution is -0.115. The first-order valence-corrected chi connectivity index (χ1v) is 10.5. The largest absolute Gasteiger partial charge is 0.451 e. The van der Waals surface area contributed by atoms with Crippen molar-refractivity contribution in [1.29, 1.82) is 0 Å². The molecular weight excluding hydrogens is 352 g/mol. The smallest absolute Gasteiger partial charge is 0.289 e. The number of likely N-dealkylation sites (tertiary alicyclic amines) is 1. The van der Waals surface area contributed by atoms with Gasteiger partial charge < -0.3 is 14.6 Å². The third kappa shape index (κ3) is 3.84. The van der Waals surface area contributed by atoms with Crippen molar-refractivity contribution >= 4 is 17.5 Å². The van der Waals surface area contributed by atoms with Gasteiger partial charge >= 0.3 is 0 Å². The predicted octanol–water partition coefficient (Wildman–Crippen LogP) is 5.09. The average molecular weight is 380 g/mol. The van der Waals surface area contributed by atoms with Crippen molar-refractivity contribution in [3.05, 3.63) is 42.2 Å². The van der Waals surface area contributed by atoms with Crippen LogP contribution in [0.2, 0.25) is 0 Å². The van der Waals surface area contributed by atoms with E-state index in [1.54, 1.807) is 6.07 Å². The molecule has 2 aliphatic rings. The molecule has 1 aliphatic heterocycles. The molecule has 2 amide bonds. The predicted molar refractivity (Wildman–Crippen MR) is 109 cm³/mol. The Morgan fingerprint density at radius 2 is 1.93 bits per heavy atom. The average Bonchev–Trinajstić information content (AvgIpc) is 3.23. The highest BCUT2D eigenvalue weighted by Gasteiger charge is 2.36. The lowest BCUT2D eigenvalue weighted by Gasteiger charge is -2.43. The molecule has 28 heavy (non-hydrogen) atoms. The molecule has 1 saturated carbocycles. The Balaban J connectivity index is 1.52. The van der Waals surface area contributed by atoms with Crippen LogP contribution in [0.25, 0.3) is 11.3 Å². The van der Waals surface area contributed by atoms with Gasteiger partial charge in [-0.05, 0) is 55.9 Å². The molecule has 1 aromatic heterocycles. The van der Waals surface area contributed by atoms with Crippen LogP contribution < -0.4 is 5.32 Å². The summed E-state index contributed by atoms with van der Waals surface area (Å²) in [7, 11) is 0. The van der Waals surface area contributed by atoms with Crippen LogP contribution in [0, 0.1) is 5.92 Å². The third-order valence-electron chi connectivity index (χ3n) is 6.07. The number of hydrogen-bond acceptors (Lipinski definition) is 3. The van der Waals surface area contributed by atoms with Crippen molar-refractivity contribution in [2.75, 3.05) is 11.9 Å². The fraction of sp³-hybridized carbons (Fsp3) is 0.478.